The summed E-state index contributed by atoms with van der Waals surface area (Å²) in [6.45, 7) is 0.255. The van der Waals surface area contributed by atoms with E-state index in [1.165, 1.54) is 4.90 Å². The van der Waals surface area contributed by atoms with Crippen LogP contribution in [-0.4, -0.2) is 96.2 Å². The third-order valence-electron chi connectivity index (χ3n) is 4.06. The predicted molar refractivity (Wildman–Crippen MR) is 77.8 cm³/mol. The number of urea groups is 1. The molecule has 2 heterocycles. The van der Waals surface area contributed by atoms with Gasteiger partial charge in [-0.15, -0.1) is 0 Å². The standard InChI is InChI=1S/C12H19N3O7S/c16-10(17)1-2-14-3-4-15(12(20)13-5-11(18)19)9-7-23(21,22)6-8(9)14/h8-9H,1-7H2,(H,13,20)(H,16,17)(H,18,19)/t8-,9+/m1/s1. The molecule has 0 aromatic carbocycles. The van der Waals surface area contributed by atoms with E-state index >= 15 is 0 Å². The molecule has 0 aliphatic carbocycles. The Balaban J connectivity index is 2.09. The molecule has 2 rings (SSSR count). The molecule has 0 aromatic rings. The molecule has 0 aromatic heterocycles. The van der Waals surface area contributed by atoms with Crippen LogP contribution in [0.5, 0.6) is 0 Å². The van der Waals surface area contributed by atoms with E-state index in [1.54, 1.807) is 4.90 Å². The van der Waals surface area contributed by atoms with Gasteiger partial charge in [-0.25, -0.2) is 13.2 Å². The van der Waals surface area contributed by atoms with Crippen molar-refractivity contribution in [2.45, 2.75) is 18.5 Å². The first-order valence-corrected chi connectivity index (χ1v) is 8.94. The number of nitrogens with one attached hydrogen (secondary N) is 1. The summed E-state index contributed by atoms with van der Waals surface area (Å²) >= 11 is 0. The normalized spacial score (nSPS) is 26.5. The second kappa shape index (κ2) is 6.71. The molecule has 0 radical (unpaired) electrons. The zero-order valence-electron chi connectivity index (χ0n) is 12.3. The maximum Gasteiger partial charge on any atom is 0.323 e. The van der Waals surface area contributed by atoms with E-state index < -0.39 is 46.4 Å². The van der Waals surface area contributed by atoms with Crippen molar-refractivity contribution in [2.24, 2.45) is 0 Å². The molecule has 2 aliphatic heterocycles. The largest absolute Gasteiger partial charge is 0.481 e. The van der Waals surface area contributed by atoms with Crippen LogP contribution in [0.15, 0.2) is 0 Å². The van der Waals surface area contributed by atoms with Crippen molar-refractivity contribution in [3.05, 3.63) is 0 Å². The van der Waals surface area contributed by atoms with Crippen molar-refractivity contribution in [3.63, 3.8) is 0 Å². The number of amides is 2. The van der Waals surface area contributed by atoms with Gasteiger partial charge in [-0.2, -0.15) is 0 Å². The number of carboxylic acids is 2. The second-order valence-electron chi connectivity index (χ2n) is 5.64. The van der Waals surface area contributed by atoms with Gasteiger partial charge in [0.1, 0.15) is 6.54 Å². The highest BCUT2D eigenvalue weighted by Crippen LogP contribution is 2.27. The zero-order chi connectivity index (χ0) is 17.2. The van der Waals surface area contributed by atoms with Crippen molar-refractivity contribution < 1.29 is 33.0 Å². The smallest absolute Gasteiger partial charge is 0.323 e. The summed E-state index contributed by atoms with van der Waals surface area (Å²) in [6, 6.07) is -1.66. The van der Waals surface area contributed by atoms with Crippen LogP contribution in [0.25, 0.3) is 0 Å². The minimum absolute atomic E-state index is 0.103. The number of carbonyl (C=O) groups is 3. The number of nitrogens with zero attached hydrogens (tertiary/aromatic N) is 2. The first-order chi connectivity index (χ1) is 10.7. The van der Waals surface area contributed by atoms with Crippen LogP contribution in [0.2, 0.25) is 0 Å². The van der Waals surface area contributed by atoms with E-state index in [-0.39, 0.29) is 31.0 Å². The lowest BCUT2D eigenvalue weighted by atomic mass is 10.0. The Morgan fingerprint density at radius 3 is 2.30 bits per heavy atom. The monoisotopic (exact) mass is 349 g/mol. The molecular weight excluding hydrogens is 330 g/mol. The van der Waals surface area contributed by atoms with Gasteiger partial charge < -0.3 is 20.4 Å². The molecule has 0 saturated carbocycles. The molecule has 0 unspecified atom stereocenters. The molecule has 3 N–H and O–H groups in total. The summed E-state index contributed by atoms with van der Waals surface area (Å²) in [6.07, 6.45) is -0.103. The number of hydrogen-bond donors (Lipinski definition) is 3. The van der Waals surface area contributed by atoms with Crippen molar-refractivity contribution in [1.29, 1.82) is 0 Å². The van der Waals surface area contributed by atoms with Crippen LogP contribution in [0.1, 0.15) is 6.42 Å². The van der Waals surface area contributed by atoms with Crippen LogP contribution >= 0.6 is 0 Å². The van der Waals surface area contributed by atoms with E-state index in [9.17, 15) is 22.8 Å². The number of carboxylic acid groups (broad SMARTS) is 2. The maximum atomic E-state index is 12.1. The summed E-state index contributed by atoms with van der Waals surface area (Å²) < 4.78 is 23.8. The molecule has 10 nitrogen and oxygen atoms in total. The number of rotatable bonds is 5. The minimum atomic E-state index is -3.33. The summed E-state index contributed by atoms with van der Waals surface area (Å²) in [7, 11) is -3.33. The summed E-state index contributed by atoms with van der Waals surface area (Å²) in [5.41, 5.74) is 0. The number of fused-ring (bicyclic) bond motifs is 1. The van der Waals surface area contributed by atoms with Gasteiger partial charge in [0, 0.05) is 25.7 Å². The number of aliphatic carboxylic acids is 2. The van der Waals surface area contributed by atoms with Crippen LogP contribution < -0.4 is 5.32 Å². The molecule has 0 spiro atoms. The lowest BCUT2D eigenvalue weighted by Gasteiger charge is -2.43. The fourth-order valence-corrected chi connectivity index (χ4v) is 5.06. The lowest BCUT2D eigenvalue weighted by Crippen LogP contribution is -2.62. The predicted octanol–water partition coefficient (Wildman–Crippen LogP) is -1.96. The first kappa shape index (κ1) is 17.5. The van der Waals surface area contributed by atoms with Crippen LogP contribution in [-0.2, 0) is 19.4 Å². The maximum absolute atomic E-state index is 12.1. The second-order valence-corrected chi connectivity index (χ2v) is 7.79. The molecule has 0 bridgehead atoms. The van der Waals surface area contributed by atoms with E-state index in [4.69, 9.17) is 10.2 Å². The van der Waals surface area contributed by atoms with Crippen molar-refractivity contribution in [1.82, 2.24) is 15.1 Å². The van der Waals surface area contributed by atoms with Gasteiger partial charge in [0.2, 0.25) is 0 Å². The highest BCUT2D eigenvalue weighted by molar-refractivity contribution is 7.91. The molecule has 2 fully saturated rings. The molecule has 2 amide bonds. The van der Waals surface area contributed by atoms with E-state index in [0.29, 0.717) is 6.54 Å². The number of carbonyl (C=O) groups excluding carboxylic acids is 1. The van der Waals surface area contributed by atoms with Crippen molar-refractivity contribution in [2.75, 3.05) is 37.7 Å². The SMILES string of the molecule is O=C(O)CCN1CCN(C(=O)NCC(=O)O)[C@H]2CS(=O)(=O)C[C@H]21. The lowest BCUT2D eigenvalue weighted by molar-refractivity contribution is -0.138. The van der Waals surface area contributed by atoms with Gasteiger partial charge in [0.05, 0.1) is 24.0 Å². The van der Waals surface area contributed by atoms with Crippen molar-refractivity contribution >= 4 is 27.8 Å². The highest BCUT2D eigenvalue weighted by atomic mass is 32.2. The Morgan fingerprint density at radius 2 is 1.70 bits per heavy atom. The Kier molecular flexibility index (Phi) is 5.09. The van der Waals surface area contributed by atoms with Gasteiger partial charge in [0.15, 0.2) is 9.84 Å². The molecular formula is C12H19N3O7S. The first-order valence-electron chi connectivity index (χ1n) is 7.12. The minimum Gasteiger partial charge on any atom is -0.481 e. The fourth-order valence-electron chi connectivity index (χ4n) is 3.05. The molecule has 2 atom stereocenters. The molecule has 2 saturated heterocycles. The number of sulfone groups is 1. The summed E-state index contributed by atoms with van der Waals surface area (Å²) in [5, 5.41) is 19.6. The topological polar surface area (TPSA) is 144 Å². The Labute approximate surface area is 133 Å². The molecule has 23 heavy (non-hydrogen) atoms. The third-order valence-corrected chi connectivity index (χ3v) is 5.75. The van der Waals surface area contributed by atoms with Gasteiger partial charge in [-0.05, 0) is 0 Å². The number of hydrogen-bond acceptors (Lipinski definition) is 6. The van der Waals surface area contributed by atoms with Gasteiger partial charge in [-0.1, -0.05) is 0 Å². The van der Waals surface area contributed by atoms with Crippen LogP contribution in [0.4, 0.5) is 4.79 Å². The van der Waals surface area contributed by atoms with E-state index in [1.807, 2.05) is 0 Å². The summed E-state index contributed by atoms with van der Waals surface area (Å²) in [5.74, 6) is -2.47. The fraction of sp³-hybridized carbons (Fsp3) is 0.750. The Hall–Kier alpha value is -1.88. The Bertz CT molecular complexity index is 606. The van der Waals surface area contributed by atoms with Crippen LogP contribution in [0, 0.1) is 0 Å². The average molecular weight is 349 g/mol. The Morgan fingerprint density at radius 1 is 1.04 bits per heavy atom. The highest BCUT2D eigenvalue weighted by Gasteiger charge is 2.47. The summed E-state index contributed by atoms with van der Waals surface area (Å²) in [4.78, 5) is 36.4. The van der Waals surface area contributed by atoms with Gasteiger partial charge in [-0.3, -0.25) is 14.5 Å². The molecule has 2 aliphatic rings. The third kappa shape index (κ3) is 4.32. The van der Waals surface area contributed by atoms with E-state index in [0.717, 1.165) is 0 Å². The number of piperazine rings is 1. The van der Waals surface area contributed by atoms with Gasteiger partial charge >= 0.3 is 18.0 Å². The van der Waals surface area contributed by atoms with Crippen molar-refractivity contribution in [3.8, 4) is 0 Å². The van der Waals surface area contributed by atoms with Crippen LogP contribution in [0.3, 0.4) is 0 Å². The van der Waals surface area contributed by atoms with Gasteiger partial charge in [0.25, 0.3) is 0 Å². The quantitative estimate of drug-likeness (QED) is 0.519. The molecule has 130 valence electrons. The average Bonchev–Trinajstić information content (AvgIpc) is 2.76. The van der Waals surface area contributed by atoms with E-state index in [2.05, 4.69) is 5.32 Å². The molecule has 11 heteroatoms. The zero-order valence-corrected chi connectivity index (χ0v) is 13.2.